The number of nitrogens with one attached hydrogen (secondary N) is 2. The molecule has 1 aromatic carbocycles. The number of piperazine rings is 1. The molecular formula is C20H20ClF3N6. The van der Waals surface area contributed by atoms with Crippen LogP contribution in [0.5, 0.6) is 0 Å². The fraction of sp³-hybridized carbons (Fsp3) is 0.350. The highest BCUT2D eigenvalue weighted by molar-refractivity contribution is 6.32. The molecule has 2 aromatic heterocycles. The minimum atomic E-state index is -4.51. The third-order valence-electron chi connectivity index (χ3n) is 5.01. The molecule has 0 bridgehead atoms. The maximum Gasteiger partial charge on any atom is 0.419 e. The van der Waals surface area contributed by atoms with Gasteiger partial charge in [-0.2, -0.15) is 13.2 Å². The van der Waals surface area contributed by atoms with Crippen LogP contribution in [0.3, 0.4) is 0 Å². The molecule has 1 saturated heterocycles. The van der Waals surface area contributed by atoms with E-state index in [9.17, 15) is 13.2 Å². The van der Waals surface area contributed by atoms with Gasteiger partial charge in [-0.1, -0.05) is 11.6 Å². The Morgan fingerprint density at radius 2 is 1.93 bits per heavy atom. The van der Waals surface area contributed by atoms with Crippen molar-refractivity contribution in [3.05, 3.63) is 53.1 Å². The van der Waals surface area contributed by atoms with Crippen LogP contribution in [0.2, 0.25) is 5.02 Å². The van der Waals surface area contributed by atoms with Crippen molar-refractivity contribution >= 4 is 34.0 Å². The average Bonchev–Trinajstić information content (AvgIpc) is 2.71. The van der Waals surface area contributed by atoms with E-state index >= 15 is 0 Å². The maximum atomic E-state index is 13.7. The Labute approximate surface area is 176 Å². The van der Waals surface area contributed by atoms with Gasteiger partial charge in [-0.25, -0.2) is 0 Å². The number of hydrogen-bond acceptors (Lipinski definition) is 6. The lowest BCUT2D eigenvalue weighted by Crippen LogP contribution is -2.50. The summed E-state index contributed by atoms with van der Waals surface area (Å²) in [4.78, 5) is 14.0. The average molecular weight is 437 g/mol. The van der Waals surface area contributed by atoms with Gasteiger partial charge in [0.25, 0.3) is 0 Å². The van der Waals surface area contributed by atoms with Crippen molar-refractivity contribution in [2.24, 2.45) is 0 Å². The zero-order chi connectivity index (χ0) is 21.3. The third-order valence-corrected chi connectivity index (χ3v) is 5.37. The van der Waals surface area contributed by atoms with Crippen molar-refractivity contribution in [1.29, 1.82) is 0 Å². The first kappa shape index (κ1) is 20.6. The minimum absolute atomic E-state index is 0.0781. The number of hydrogen-bond donors (Lipinski definition) is 2. The fourth-order valence-electron chi connectivity index (χ4n) is 3.62. The molecule has 158 valence electrons. The van der Waals surface area contributed by atoms with Crippen molar-refractivity contribution < 1.29 is 13.2 Å². The minimum Gasteiger partial charge on any atom is -0.378 e. The number of anilines is 2. The smallest absolute Gasteiger partial charge is 0.378 e. The molecule has 1 atom stereocenters. The van der Waals surface area contributed by atoms with Crippen LogP contribution in [0.4, 0.5) is 24.5 Å². The van der Waals surface area contributed by atoms with Crippen molar-refractivity contribution in [2.75, 3.05) is 29.9 Å². The van der Waals surface area contributed by atoms with E-state index in [4.69, 9.17) is 11.6 Å². The van der Waals surface area contributed by atoms with Crippen molar-refractivity contribution in [3.8, 4) is 0 Å². The van der Waals surface area contributed by atoms with Crippen molar-refractivity contribution in [3.63, 3.8) is 0 Å². The van der Waals surface area contributed by atoms with E-state index in [1.165, 1.54) is 6.20 Å². The first-order chi connectivity index (χ1) is 14.3. The second-order valence-electron chi connectivity index (χ2n) is 7.22. The second-order valence-corrected chi connectivity index (χ2v) is 7.63. The maximum absolute atomic E-state index is 13.7. The Kier molecular flexibility index (Phi) is 5.66. The predicted molar refractivity (Wildman–Crippen MR) is 111 cm³/mol. The highest BCUT2D eigenvalue weighted by atomic mass is 35.5. The SMILES string of the molecule is CC1CN(c2c(NCc3cc4nccnc4cc3Cl)cncc2C(F)(F)F)CCN1. The first-order valence-electron chi connectivity index (χ1n) is 9.49. The molecule has 0 amide bonds. The molecule has 30 heavy (non-hydrogen) atoms. The van der Waals surface area contributed by atoms with E-state index in [2.05, 4.69) is 25.6 Å². The molecule has 4 rings (SSSR count). The summed E-state index contributed by atoms with van der Waals surface area (Å²) < 4.78 is 41.2. The molecular weight excluding hydrogens is 417 g/mol. The Balaban J connectivity index is 1.68. The van der Waals surface area contributed by atoms with Gasteiger partial charge >= 0.3 is 6.18 Å². The van der Waals surface area contributed by atoms with Crippen LogP contribution < -0.4 is 15.5 Å². The van der Waals surface area contributed by atoms with Gasteiger partial charge in [-0.3, -0.25) is 15.0 Å². The van der Waals surface area contributed by atoms with Crippen molar-refractivity contribution in [2.45, 2.75) is 25.7 Å². The Morgan fingerprint density at radius 3 is 2.63 bits per heavy atom. The lowest BCUT2D eigenvalue weighted by atomic mass is 10.1. The van der Waals surface area contributed by atoms with E-state index in [-0.39, 0.29) is 18.3 Å². The summed E-state index contributed by atoms with van der Waals surface area (Å²) >= 11 is 6.36. The van der Waals surface area contributed by atoms with Gasteiger partial charge in [-0.15, -0.1) is 0 Å². The van der Waals surface area contributed by atoms with Gasteiger partial charge in [-0.05, 0) is 24.6 Å². The molecule has 2 N–H and O–H groups in total. The van der Waals surface area contributed by atoms with Crippen LogP contribution in [-0.2, 0) is 12.7 Å². The Bertz CT molecular complexity index is 1060. The number of rotatable bonds is 4. The van der Waals surface area contributed by atoms with E-state index in [0.29, 0.717) is 46.9 Å². The van der Waals surface area contributed by atoms with Crippen LogP contribution in [0.1, 0.15) is 18.1 Å². The van der Waals surface area contributed by atoms with Crippen molar-refractivity contribution in [1.82, 2.24) is 20.3 Å². The molecule has 1 aliphatic rings. The third kappa shape index (κ3) is 4.27. The molecule has 0 radical (unpaired) electrons. The predicted octanol–water partition coefficient (Wildman–Crippen LogP) is 4.11. The summed E-state index contributed by atoms with van der Waals surface area (Å²) in [5.41, 5.74) is 1.70. The highest BCUT2D eigenvalue weighted by Crippen LogP contribution is 2.41. The molecule has 0 saturated carbocycles. The normalized spacial score (nSPS) is 17.4. The molecule has 3 aromatic rings. The number of pyridine rings is 1. The lowest BCUT2D eigenvalue weighted by Gasteiger charge is -2.36. The first-order valence-corrected chi connectivity index (χ1v) is 9.87. The summed E-state index contributed by atoms with van der Waals surface area (Å²) in [5, 5.41) is 6.82. The molecule has 3 heterocycles. The molecule has 0 aliphatic carbocycles. The van der Waals surface area contributed by atoms with E-state index < -0.39 is 11.7 Å². The second kappa shape index (κ2) is 8.23. The van der Waals surface area contributed by atoms with E-state index in [0.717, 1.165) is 6.20 Å². The standard InChI is InChI=1S/C20H20ClF3N6/c1-12-11-30(5-4-26-12)19-14(20(22,23)24)9-25-10-18(19)29-8-13-6-16-17(7-15(13)21)28-3-2-27-16/h2-3,6-7,9-10,12,26,29H,4-5,8,11H2,1H3. The van der Waals surface area contributed by atoms with Gasteiger partial charge in [0.15, 0.2) is 0 Å². The molecule has 6 nitrogen and oxygen atoms in total. The van der Waals surface area contributed by atoms with Crippen LogP contribution in [0.25, 0.3) is 11.0 Å². The molecule has 0 spiro atoms. The number of aromatic nitrogens is 3. The fourth-order valence-corrected chi connectivity index (χ4v) is 3.85. The number of fused-ring (bicyclic) bond motifs is 1. The quantitative estimate of drug-likeness (QED) is 0.641. The number of benzene rings is 1. The monoisotopic (exact) mass is 436 g/mol. The van der Waals surface area contributed by atoms with E-state index in [1.807, 2.05) is 6.92 Å². The van der Waals surface area contributed by atoms with Gasteiger partial charge in [0.2, 0.25) is 0 Å². The highest BCUT2D eigenvalue weighted by Gasteiger charge is 2.37. The topological polar surface area (TPSA) is 66.0 Å². The summed E-state index contributed by atoms with van der Waals surface area (Å²) in [6.45, 7) is 3.72. The van der Waals surface area contributed by atoms with Gasteiger partial charge in [0.1, 0.15) is 0 Å². The van der Waals surface area contributed by atoms with Crippen LogP contribution in [0.15, 0.2) is 36.9 Å². The number of alkyl halides is 3. The molecule has 1 unspecified atom stereocenters. The zero-order valence-corrected chi connectivity index (χ0v) is 16.9. The summed E-state index contributed by atoms with van der Waals surface area (Å²) in [6.07, 6.45) is 0.946. The summed E-state index contributed by atoms with van der Waals surface area (Å²) in [7, 11) is 0. The van der Waals surface area contributed by atoms with Crippen LogP contribution in [-0.4, -0.2) is 40.6 Å². The Hall–Kier alpha value is -2.65. The Morgan fingerprint density at radius 1 is 1.20 bits per heavy atom. The zero-order valence-electron chi connectivity index (χ0n) is 16.2. The number of halogens is 4. The van der Waals surface area contributed by atoms with Crippen LogP contribution >= 0.6 is 11.6 Å². The largest absolute Gasteiger partial charge is 0.419 e. The lowest BCUT2D eigenvalue weighted by molar-refractivity contribution is -0.137. The van der Waals surface area contributed by atoms with Gasteiger partial charge in [0, 0.05) is 55.8 Å². The molecule has 10 heteroatoms. The molecule has 1 fully saturated rings. The van der Waals surface area contributed by atoms with Crippen LogP contribution in [0, 0.1) is 0 Å². The molecule has 1 aliphatic heterocycles. The van der Waals surface area contributed by atoms with Gasteiger partial charge in [0.05, 0.1) is 34.2 Å². The summed E-state index contributed by atoms with van der Waals surface area (Å²) in [6, 6.07) is 3.56. The van der Waals surface area contributed by atoms with E-state index in [1.54, 1.807) is 29.4 Å². The van der Waals surface area contributed by atoms with Gasteiger partial charge < -0.3 is 15.5 Å². The summed E-state index contributed by atoms with van der Waals surface area (Å²) in [5.74, 6) is 0. The number of nitrogens with zero attached hydrogens (tertiary/aromatic N) is 4.